The summed E-state index contributed by atoms with van der Waals surface area (Å²) in [7, 11) is 0. The van der Waals surface area contributed by atoms with Crippen molar-refractivity contribution in [1.82, 2.24) is 14.8 Å². The standard InChI is InChI=1S/C22H30N4O/c1-17-6-7-20-19(15-17)21(8-9-23-20)25-13-11-24(12-14-25)16-22(27)26-10-4-3-5-18(26)2/h6-9,15,18H,3-5,10-14,16H2,1-2H3. The maximum atomic E-state index is 12.7. The molecule has 1 unspecified atom stereocenters. The van der Waals surface area contributed by atoms with Gasteiger partial charge in [0.25, 0.3) is 0 Å². The van der Waals surface area contributed by atoms with Crippen molar-refractivity contribution in [3.8, 4) is 0 Å². The number of carbonyl (C=O) groups excluding carboxylic acids is 1. The Morgan fingerprint density at radius 1 is 1.11 bits per heavy atom. The summed E-state index contributed by atoms with van der Waals surface area (Å²) in [6.07, 6.45) is 5.45. The van der Waals surface area contributed by atoms with Crippen LogP contribution in [0.2, 0.25) is 0 Å². The van der Waals surface area contributed by atoms with Crippen LogP contribution in [0.1, 0.15) is 31.7 Å². The van der Waals surface area contributed by atoms with Gasteiger partial charge >= 0.3 is 0 Å². The minimum Gasteiger partial charge on any atom is -0.368 e. The largest absolute Gasteiger partial charge is 0.368 e. The molecular formula is C22H30N4O. The molecule has 2 aromatic rings. The van der Waals surface area contributed by atoms with Crippen molar-refractivity contribution >= 4 is 22.5 Å². The zero-order valence-corrected chi connectivity index (χ0v) is 16.5. The summed E-state index contributed by atoms with van der Waals surface area (Å²) in [5.74, 6) is 0.306. The molecule has 5 heteroatoms. The molecule has 3 heterocycles. The Hall–Kier alpha value is -2.14. The molecular weight excluding hydrogens is 336 g/mol. The predicted octanol–water partition coefficient (Wildman–Crippen LogP) is 3.07. The second kappa shape index (κ2) is 7.85. The zero-order valence-electron chi connectivity index (χ0n) is 16.5. The van der Waals surface area contributed by atoms with Crippen LogP contribution in [0, 0.1) is 6.92 Å². The number of carbonyl (C=O) groups is 1. The quantitative estimate of drug-likeness (QED) is 0.837. The lowest BCUT2D eigenvalue weighted by Gasteiger charge is -2.39. The van der Waals surface area contributed by atoms with Crippen molar-refractivity contribution in [1.29, 1.82) is 0 Å². The number of piperidine rings is 1. The summed E-state index contributed by atoms with van der Waals surface area (Å²) in [6, 6.07) is 8.97. The molecule has 27 heavy (non-hydrogen) atoms. The molecule has 0 bridgehead atoms. The molecule has 0 radical (unpaired) electrons. The van der Waals surface area contributed by atoms with Gasteiger partial charge in [-0.25, -0.2) is 0 Å². The Balaban J connectivity index is 1.39. The van der Waals surface area contributed by atoms with E-state index in [0.29, 0.717) is 18.5 Å². The Labute approximate surface area is 162 Å². The molecule has 0 spiro atoms. The first kappa shape index (κ1) is 18.2. The van der Waals surface area contributed by atoms with Gasteiger partial charge in [-0.2, -0.15) is 0 Å². The Kier molecular flexibility index (Phi) is 5.30. The van der Waals surface area contributed by atoms with E-state index in [-0.39, 0.29) is 0 Å². The lowest BCUT2D eigenvalue weighted by Crippen LogP contribution is -2.52. The van der Waals surface area contributed by atoms with Gasteiger partial charge in [0, 0.05) is 56.0 Å². The molecule has 2 aliphatic heterocycles. The van der Waals surface area contributed by atoms with Gasteiger partial charge in [0.15, 0.2) is 0 Å². The molecule has 1 aromatic carbocycles. The molecule has 144 valence electrons. The third-order valence-corrected chi connectivity index (χ3v) is 6.07. The van der Waals surface area contributed by atoms with E-state index in [9.17, 15) is 4.79 Å². The molecule has 2 fully saturated rings. The molecule has 0 saturated carbocycles. The minimum atomic E-state index is 0.306. The molecule has 2 aliphatic rings. The number of pyridine rings is 1. The highest BCUT2D eigenvalue weighted by Gasteiger charge is 2.26. The number of hydrogen-bond acceptors (Lipinski definition) is 4. The van der Waals surface area contributed by atoms with Crippen molar-refractivity contribution in [3.05, 3.63) is 36.0 Å². The molecule has 1 aromatic heterocycles. The van der Waals surface area contributed by atoms with E-state index < -0.39 is 0 Å². The number of piperazine rings is 1. The number of nitrogens with zero attached hydrogens (tertiary/aromatic N) is 4. The first-order chi connectivity index (χ1) is 13.1. The fourth-order valence-electron chi connectivity index (χ4n) is 4.42. The summed E-state index contributed by atoms with van der Waals surface area (Å²) in [4.78, 5) is 24.1. The predicted molar refractivity (Wildman–Crippen MR) is 110 cm³/mol. The van der Waals surface area contributed by atoms with Crippen LogP contribution >= 0.6 is 0 Å². The average Bonchev–Trinajstić information content (AvgIpc) is 2.68. The highest BCUT2D eigenvalue weighted by molar-refractivity contribution is 5.92. The van der Waals surface area contributed by atoms with Crippen LogP contribution in [0.4, 0.5) is 5.69 Å². The monoisotopic (exact) mass is 366 g/mol. The molecule has 4 rings (SSSR count). The van der Waals surface area contributed by atoms with E-state index in [1.807, 2.05) is 6.20 Å². The van der Waals surface area contributed by atoms with Crippen LogP contribution in [-0.2, 0) is 4.79 Å². The van der Waals surface area contributed by atoms with Gasteiger partial charge in [0.05, 0.1) is 12.1 Å². The van der Waals surface area contributed by atoms with Crippen LogP contribution < -0.4 is 4.90 Å². The van der Waals surface area contributed by atoms with Crippen molar-refractivity contribution in [2.45, 2.75) is 39.2 Å². The number of likely N-dealkylation sites (tertiary alicyclic amines) is 1. The van der Waals surface area contributed by atoms with Gasteiger partial charge in [-0.1, -0.05) is 11.6 Å². The Bertz CT molecular complexity index is 813. The molecule has 1 atom stereocenters. The van der Waals surface area contributed by atoms with Gasteiger partial charge in [-0.05, 0) is 51.3 Å². The lowest BCUT2D eigenvalue weighted by atomic mass is 10.0. The van der Waals surface area contributed by atoms with E-state index in [4.69, 9.17) is 0 Å². The summed E-state index contributed by atoms with van der Waals surface area (Å²) in [5.41, 5.74) is 3.57. The molecule has 0 N–H and O–H groups in total. The minimum absolute atomic E-state index is 0.306. The van der Waals surface area contributed by atoms with Crippen molar-refractivity contribution < 1.29 is 4.79 Å². The summed E-state index contributed by atoms with van der Waals surface area (Å²) < 4.78 is 0. The Morgan fingerprint density at radius 2 is 1.93 bits per heavy atom. The number of fused-ring (bicyclic) bond motifs is 1. The van der Waals surface area contributed by atoms with Gasteiger partial charge < -0.3 is 9.80 Å². The number of rotatable bonds is 3. The van der Waals surface area contributed by atoms with Gasteiger partial charge in [0.2, 0.25) is 5.91 Å². The van der Waals surface area contributed by atoms with Gasteiger partial charge in [-0.3, -0.25) is 14.7 Å². The van der Waals surface area contributed by atoms with E-state index in [1.54, 1.807) is 0 Å². The van der Waals surface area contributed by atoms with Crippen LogP contribution in [0.5, 0.6) is 0 Å². The van der Waals surface area contributed by atoms with E-state index in [1.165, 1.54) is 23.1 Å². The molecule has 0 aliphatic carbocycles. The van der Waals surface area contributed by atoms with Crippen LogP contribution in [0.25, 0.3) is 10.9 Å². The molecule has 1 amide bonds. The van der Waals surface area contributed by atoms with E-state index in [0.717, 1.165) is 51.1 Å². The zero-order chi connectivity index (χ0) is 18.8. The normalized spacial score (nSPS) is 21.6. The summed E-state index contributed by atoms with van der Waals surface area (Å²) in [5, 5.41) is 1.23. The maximum Gasteiger partial charge on any atom is 0.236 e. The highest BCUT2D eigenvalue weighted by Crippen LogP contribution is 2.27. The number of benzene rings is 1. The maximum absolute atomic E-state index is 12.7. The van der Waals surface area contributed by atoms with E-state index in [2.05, 4.69) is 57.8 Å². The average molecular weight is 367 g/mol. The summed E-state index contributed by atoms with van der Waals surface area (Å²) in [6.45, 7) is 9.59. The molecule has 5 nitrogen and oxygen atoms in total. The van der Waals surface area contributed by atoms with Gasteiger partial charge in [0.1, 0.15) is 0 Å². The number of anilines is 1. The Morgan fingerprint density at radius 3 is 2.70 bits per heavy atom. The van der Waals surface area contributed by atoms with Gasteiger partial charge in [-0.15, -0.1) is 0 Å². The van der Waals surface area contributed by atoms with E-state index >= 15 is 0 Å². The third kappa shape index (κ3) is 3.93. The SMILES string of the molecule is Cc1ccc2nccc(N3CCN(CC(=O)N4CCCCC4C)CC3)c2c1. The molecule has 2 saturated heterocycles. The lowest BCUT2D eigenvalue weighted by molar-refractivity contribution is -0.135. The van der Waals surface area contributed by atoms with Crippen molar-refractivity contribution in [2.24, 2.45) is 0 Å². The first-order valence-corrected chi connectivity index (χ1v) is 10.2. The number of aryl methyl sites for hydroxylation is 1. The third-order valence-electron chi connectivity index (χ3n) is 6.07. The number of amides is 1. The topological polar surface area (TPSA) is 39.7 Å². The second-order valence-corrected chi connectivity index (χ2v) is 8.05. The van der Waals surface area contributed by atoms with Crippen molar-refractivity contribution in [2.75, 3.05) is 44.2 Å². The van der Waals surface area contributed by atoms with Crippen LogP contribution in [-0.4, -0.2) is 66.0 Å². The highest BCUT2D eigenvalue weighted by atomic mass is 16.2. The fourth-order valence-corrected chi connectivity index (χ4v) is 4.42. The summed E-state index contributed by atoms with van der Waals surface area (Å²) >= 11 is 0. The first-order valence-electron chi connectivity index (χ1n) is 10.2. The fraction of sp³-hybridized carbons (Fsp3) is 0.545. The number of aromatic nitrogens is 1. The van der Waals surface area contributed by atoms with Crippen molar-refractivity contribution in [3.63, 3.8) is 0 Å². The van der Waals surface area contributed by atoms with Crippen LogP contribution in [0.15, 0.2) is 30.5 Å². The second-order valence-electron chi connectivity index (χ2n) is 8.05. The van der Waals surface area contributed by atoms with Crippen LogP contribution in [0.3, 0.4) is 0 Å². The smallest absolute Gasteiger partial charge is 0.236 e. The number of hydrogen-bond donors (Lipinski definition) is 0.